The molecule has 0 unspecified atom stereocenters. The molecule has 212 valence electrons. The van der Waals surface area contributed by atoms with Gasteiger partial charge in [-0.3, -0.25) is 0 Å². The number of aromatic amines is 2. The van der Waals surface area contributed by atoms with Crippen LogP contribution in [0.1, 0.15) is 13.8 Å². The maximum atomic E-state index is 5.23. The molecular formula is C36H26N8Zn. The van der Waals surface area contributed by atoms with Crippen LogP contribution in [0.4, 0.5) is 0 Å². The minimum atomic E-state index is -1.08. The van der Waals surface area contributed by atoms with Crippen molar-refractivity contribution in [2.24, 2.45) is 5.92 Å². The predicted octanol–water partition coefficient (Wildman–Crippen LogP) is 7.65. The Morgan fingerprint density at radius 1 is 0.489 bits per heavy atom. The standard InChI is InChI=1S/C32H17N8.C4H9.Zn/c1-2-10-18-17(9-1)25-33-26(18)38-28-21-13-5-6-14-22(21)30(35-28)40-32-24-16-8-7-15-23(24)31(36-32)39-29-20-12-4-3-11-19(20)27(34-29)37-25;1-4(2)3;/h1-15H,(H2,33,34,35,36,37,38,39,40);4H,1H2,2-3H3;. The Bertz CT molecular complexity index is 2490. The molecule has 2 aliphatic rings. The van der Waals surface area contributed by atoms with E-state index < -0.39 is 17.1 Å². The van der Waals surface area contributed by atoms with Crippen LogP contribution in [0.15, 0.2) is 91.0 Å². The van der Waals surface area contributed by atoms with Crippen LogP contribution in [0.2, 0.25) is 5.02 Å². The summed E-state index contributed by atoms with van der Waals surface area (Å²) in [5.74, 6) is 3.15. The van der Waals surface area contributed by atoms with Gasteiger partial charge in [0, 0.05) is 0 Å². The first kappa shape index (κ1) is 26.3. The van der Waals surface area contributed by atoms with E-state index in [1.165, 1.54) is 9.17 Å². The zero-order valence-electron chi connectivity index (χ0n) is 24.8. The van der Waals surface area contributed by atoms with Gasteiger partial charge in [0.05, 0.1) is 0 Å². The Hall–Kier alpha value is -5.14. The van der Waals surface area contributed by atoms with E-state index in [0.717, 1.165) is 55.1 Å². The molecule has 3 aromatic heterocycles. The first-order valence-corrected chi connectivity index (χ1v) is 18.9. The molecule has 8 nitrogen and oxygen atoms in total. The van der Waals surface area contributed by atoms with Crippen LogP contribution >= 0.6 is 0 Å². The number of benzene rings is 4. The van der Waals surface area contributed by atoms with E-state index >= 15 is 0 Å². The van der Waals surface area contributed by atoms with E-state index in [-0.39, 0.29) is 0 Å². The van der Waals surface area contributed by atoms with E-state index in [4.69, 9.17) is 29.9 Å². The van der Waals surface area contributed by atoms with Crippen LogP contribution in [-0.2, 0) is 17.1 Å². The number of aromatic nitrogens is 8. The first-order valence-electron chi connectivity index (χ1n) is 15.3. The van der Waals surface area contributed by atoms with Gasteiger partial charge in [-0.2, -0.15) is 0 Å². The normalized spacial score (nSPS) is 12.0. The van der Waals surface area contributed by atoms with Gasteiger partial charge >= 0.3 is 261 Å². The molecule has 5 heterocycles. The molecule has 9 rings (SSSR count). The molecular weight excluding hydrogens is 610 g/mol. The molecule has 0 aliphatic carbocycles. The van der Waals surface area contributed by atoms with E-state index in [1.807, 2.05) is 36.4 Å². The zero-order chi connectivity index (χ0) is 30.1. The summed E-state index contributed by atoms with van der Waals surface area (Å²) in [5, 5.41) is 5.39. The molecule has 7 aromatic rings. The third kappa shape index (κ3) is 4.30. The van der Waals surface area contributed by atoms with Crippen molar-refractivity contribution >= 4 is 48.3 Å². The van der Waals surface area contributed by atoms with E-state index in [9.17, 15) is 0 Å². The van der Waals surface area contributed by atoms with Crippen molar-refractivity contribution < 1.29 is 17.1 Å². The fourth-order valence-corrected chi connectivity index (χ4v) is 10.2. The molecule has 4 aromatic carbocycles. The molecule has 2 aliphatic heterocycles. The van der Waals surface area contributed by atoms with Crippen molar-refractivity contribution in [3.05, 3.63) is 91.0 Å². The van der Waals surface area contributed by atoms with E-state index in [2.05, 4.69) is 78.4 Å². The second-order valence-electron chi connectivity index (χ2n) is 12.0. The third-order valence-corrected chi connectivity index (χ3v) is 14.1. The average Bonchev–Trinajstić information content (AvgIpc) is 3.79. The summed E-state index contributed by atoms with van der Waals surface area (Å²) in [6, 6.07) is 31.0. The topological polar surface area (TPSA) is 109 Å². The van der Waals surface area contributed by atoms with Crippen molar-refractivity contribution in [3.8, 4) is 45.6 Å². The van der Waals surface area contributed by atoms with Gasteiger partial charge in [-0.1, -0.05) is 6.07 Å². The van der Waals surface area contributed by atoms with Crippen LogP contribution in [0.3, 0.4) is 0 Å². The van der Waals surface area contributed by atoms with Crippen molar-refractivity contribution in [2.75, 3.05) is 0 Å². The summed E-state index contributed by atoms with van der Waals surface area (Å²) in [6.45, 7) is 4.61. The Morgan fingerprint density at radius 3 is 1.42 bits per heavy atom. The summed E-state index contributed by atoms with van der Waals surface area (Å²) < 4.78 is 1.42. The summed E-state index contributed by atoms with van der Waals surface area (Å²) >= 11 is -1.08. The van der Waals surface area contributed by atoms with Gasteiger partial charge in [-0.05, 0) is 0 Å². The SMILES string of the molecule is CC(C)[CH2][Zn][c]1cccc2c3nc4nc(nc5[nH]c(nc6nc(nc([nH]3)c12)-c1ccccc1-6)c1ccccc51)-c1ccccc1-4. The monoisotopic (exact) mass is 634 g/mol. The number of hydrogen-bond acceptors (Lipinski definition) is 6. The summed E-state index contributed by atoms with van der Waals surface area (Å²) in [4.78, 5) is 37.7. The summed E-state index contributed by atoms with van der Waals surface area (Å²) in [6.07, 6.45) is 0. The Labute approximate surface area is 265 Å². The van der Waals surface area contributed by atoms with Gasteiger partial charge < -0.3 is 0 Å². The number of rotatable bonds is 3. The number of H-pyrrole nitrogens is 2. The van der Waals surface area contributed by atoms with E-state index in [1.54, 1.807) is 0 Å². The van der Waals surface area contributed by atoms with Crippen molar-refractivity contribution in [3.63, 3.8) is 0 Å². The van der Waals surface area contributed by atoms with Crippen LogP contribution in [0.25, 0.3) is 89.7 Å². The Balaban J connectivity index is 1.47. The van der Waals surface area contributed by atoms with Gasteiger partial charge in [0.15, 0.2) is 0 Å². The molecule has 0 atom stereocenters. The molecule has 0 radical (unpaired) electrons. The fourth-order valence-electron chi connectivity index (χ4n) is 6.42. The van der Waals surface area contributed by atoms with Crippen molar-refractivity contribution in [1.82, 2.24) is 39.9 Å². The van der Waals surface area contributed by atoms with Crippen molar-refractivity contribution in [1.29, 1.82) is 0 Å². The first-order chi connectivity index (χ1) is 22.1. The van der Waals surface area contributed by atoms with Gasteiger partial charge in [-0.25, -0.2) is 0 Å². The van der Waals surface area contributed by atoms with Crippen LogP contribution in [0, 0.1) is 5.92 Å². The molecule has 0 amide bonds. The van der Waals surface area contributed by atoms with Gasteiger partial charge in [0.25, 0.3) is 0 Å². The summed E-state index contributed by atoms with van der Waals surface area (Å²) in [5.41, 5.74) is 6.71. The van der Waals surface area contributed by atoms with Crippen LogP contribution < -0.4 is 4.16 Å². The second-order valence-corrected chi connectivity index (χ2v) is 15.9. The second kappa shape index (κ2) is 10.2. The summed E-state index contributed by atoms with van der Waals surface area (Å²) in [7, 11) is 0. The Morgan fingerprint density at radius 2 is 0.911 bits per heavy atom. The fraction of sp³-hybridized carbons (Fsp3) is 0.111. The minimum absolute atomic E-state index is 0.613. The van der Waals surface area contributed by atoms with E-state index in [0.29, 0.717) is 40.5 Å². The molecule has 45 heavy (non-hydrogen) atoms. The van der Waals surface area contributed by atoms with Gasteiger partial charge in [0.1, 0.15) is 0 Å². The molecule has 0 saturated carbocycles. The molecule has 2 N–H and O–H groups in total. The number of fused-ring (bicyclic) bond motifs is 20. The quantitative estimate of drug-likeness (QED) is 0.193. The molecule has 0 fully saturated rings. The molecule has 0 spiro atoms. The molecule has 8 bridgehead atoms. The van der Waals surface area contributed by atoms with Crippen LogP contribution in [-0.4, -0.2) is 39.9 Å². The van der Waals surface area contributed by atoms with Gasteiger partial charge in [0.2, 0.25) is 0 Å². The number of nitrogens with zero attached hydrogens (tertiary/aromatic N) is 6. The maximum absolute atomic E-state index is 5.23. The average molecular weight is 636 g/mol. The third-order valence-electron chi connectivity index (χ3n) is 8.66. The molecule has 9 heteroatoms. The van der Waals surface area contributed by atoms with Crippen molar-refractivity contribution in [2.45, 2.75) is 18.9 Å². The number of hydrogen-bond donors (Lipinski definition) is 2. The Kier molecular flexibility index (Phi) is 5.96. The molecule has 0 saturated heterocycles. The predicted molar refractivity (Wildman–Crippen MR) is 175 cm³/mol. The zero-order valence-corrected chi connectivity index (χ0v) is 27.8. The van der Waals surface area contributed by atoms with Crippen LogP contribution in [0.5, 0.6) is 0 Å². The van der Waals surface area contributed by atoms with Gasteiger partial charge in [-0.15, -0.1) is 0 Å². The number of nitrogens with one attached hydrogen (secondary N) is 2.